The van der Waals surface area contributed by atoms with Crippen molar-refractivity contribution in [2.45, 2.75) is 19.3 Å². The van der Waals surface area contributed by atoms with Crippen LogP contribution in [0.25, 0.3) is 16.7 Å². The lowest BCUT2D eigenvalue weighted by molar-refractivity contribution is -0.137. The Bertz CT molecular complexity index is 1400. The summed E-state index contributed by atoms with van der Waals surface area (Å²) in [6.07, 6.45) is -2.11. The van der Waals surface area contributed by atoms with Gasteiger partial charge in [0.2, 0.25) is 5.91 Å². The van der Waals surface area contributed by atoms with E-state index in [9.17, 15) is 22.8 Å². The molecule has 2 heterocycles. The number of halogens is 4. The number of alkyl halides is 3. The van der Waals surface area contributed by atoms with Crippen LogP contribution in [0.15, 0.2) is 65.8 Å². The standard InChI is InChI=1S/C22H17ClF3N5O2/c1-29(11-14-4-2-6-16(23)8-14)19(32)12-30-13-27-20-18(21(30)33)10-28-31(20)17-7-3-5-15(9-17)22(24,25)26/h2-10,13H,11-12H2,1H3. The number of amides is 1. The predicted octanol–water partition coefficient (Wildman–Crippen LogP) is 3.91. The molecule has 1 amide bonds. The Morgan fingerprint density at radius 2 is 1.91 bits per heavy atom. The van der Waals surface area contributed by atoms with Crippen LogP contribution in [0, 0.1) is 0 Å². The van der Waals surface area contributed by atoms with Gasteiger partial charge in [0, 0.05) is 18.6 Å². The maximum absolute atomic E-state index is 13.0. The predicted molar refractivity (Wildman–Crippen MR) is 116 cm³/mol. The van der Waals surface area contributed by atoms with Crippen molar-refractivity contribution in [1.29, 1.82) is 0 Å². The second kappa shape index (κ2) is 8.70. The molecule has 0 aliphatic rings. The summed E-state index contributed by atoms with van der Waals surface area (Å²) >= 11 is 5.97. The molecule has 0 aliphatic carbocycles. The molecule has 0 aliphatic heterocycles. The number of carbonyl (C=O) groups excluding carboxylic acids is 1. The van der Waals surface area contributed by atoms with Gasteiger partial charge in [0.1, 0.15) is 18.3 Å². The molecule has 33 heavy (non-hydrogen) atoms. The van der Waals surface area contributed by atoms with Crippen LogP contribution in [0.1, 0.15) is 11.1 Å². The topological polar surface area (TPSA) is 73.0 Å². The lowest BCUT2D eigenvalue weighted by Crippen LogP contribution is -2.33. The molecule has 0 radical (unpaired) electrons. The summed E-state index contributed by atoms with van der Waals surface area (Å²) in [5.74, 6) is -0.330. The maximum atomic E-state index is 13.0. The van der Waals surface area contributed by atoms with E-state index in [0.717, 1.165) is 26.9 Å². The van der Waals surface area contributed by atoms with Crippen LogP contribution in [-0.2, 0) is 24.1 Å². The smallest absolute Gasteiger partial charge is 0.340 e. The highest BCUT2D eigenvalue weighted by Gasteiger charge is 2.30. The lowest BCUT2D eigenvalue weighted by Gasteiger charge is -2.18. The molecule has 0 atom stereocenters. The molecule has 0 N–H and O–H groups in total. The molecule has 0 saturated carbocycles. The van der Waals surface area contributed by atoms with Crippen LogP contribution in [-0.4, -0.2) is 37.2 Å². The van der Waals surface area contributed by atoms with Crippen LogP contribution in [0.4, 0.5) is 13.2 Å². The summed E-state index contributed by atoms with van der Waals surface area (Å²) < 4.78 is 41.4. The Morgan fingerprint density at radius 1 is 1.15 bits per heavy atom. The average molecular weight is 476 g/mol. The molecule has 0 saturated heterocycles. The number of hydrogen-bond acceptors (Lipinski definition) is 4. The second-order valence-electron chi connectivity index (χ2n) is 7.40. The van der Waals surface area contributed by atoms with Crippen LogP contribution in [0.2, 0.25) is 5.02 Å². The molecule has 4 rings (SSSR count). The summed E-state index contributed by atoms with van der Waals surface area (Å²) in [5.41, 5.74) is -0.327. The maximum Gasteiger partial charge on any atom is 0.416 e. The molecule has 7 nitrogen and oxygen atoms in total. The lowest BCUT2D eigenvalue weighted by atomic mass is 10.2. The molecular weight excluding hydrogens is 459 g/mol. The van der Waals surface area contributed by atoms with Gasteiger partial charge in [-0.25, -0.2) is 9.67 Å². The summed E-state index contributed by atoms with van der Waals surface area (Å²) in [6, 6.07) is 11.6. The van der Waals surface area contributed by atoms with E-state index in [0.29, 0.717) is 11.6 Å². The Morgan fingerprint density at radius 3 is 2.64 bits per heavy atom. The zero-order valence-corrected chi connectivity index (χ0v) is 18.0. The van der Waals surface area contributed by atoms with E-state index < -0.39 is 17.3 Å². The first-order valence-electron chi connectivity index (χ1n) is 9.72. The Kier molecular flexibility index (Phi) is 5.94. The van der Waals surface area contributed by atoms with Gasteiger partial charge in [-0.2, -0.15) is 18.3 Å². The van der Waals surface area contributed by atoms with Crippen molar-refractivity contribution in [3.63, 3.8) is 0 Å². The van der Waals surface area contributed by atoms with Gasteiger partial charge in [0.25, 0.3) is 5.56 Å². The van der Waals surface area contributed by atoms with Crippen molar-refractivity contribution in [2.75, 3.05) is 7.05 Å². The minimum absolute atomic E-state index is 0.0835. The number of benzene rings is 2. The minimum atomic E-state index is -4.52. The zero-order valence-electron chi connectivity index (χ0n) is 17.3. The minimum Gasteiger partial charge on any atom is -0.340 e. The number of likely N-dealkylation sites (N-methyl/N-ethyl adjacent to an activating group) is 1. The summed E-state index contributed by atoms with van der Waals surface area (Å²) in [5, 5.41) is 4.67. The third kappa shape index (κ3) is 4.75. The number of nitrogens with zero attached hydrogens (tertiary/aromatic N) is 5. The number of hydrogen-bond donors (Lipinski definition) is 0. The molecule has 2 aromatic heterocycles. The molecule has 0 fully saturated rings. The van der Waals surface area contributed by atoms with Gasteiger partial charge in [-0.1, -0.05) is 29.8 Å². The number of rotatable bonds is 5. The third-order valence-electron chi connectivity index (χ3n) is 5.01. The van der Waals surface area contributed by atoms with E-state index in [4.69, 9.17) is 11.6 Å². The summed E-state index contributed by atoms with van der Waals surface area (Å²) in [7, 11) is 1.60. The Labute approximate surface area is 190 Å². The highest BCUT2D eigenvalue weighted by atomic mass is 35.5. The van der Waals surface area contributed by atoms with Gasteiger partial charge in [-0.3, -0.25) is 14.2 Å². The molecule has 170 valence electrons. The van der Waals surface area contributed by atoms with Crippen molar-refractivity contribution < 1.29 is 18.0 Å². The molecule has 2 aromatic carbocycles. The first-order valence-corrected chi connectivity index (χ1v) is 10.1. The van der Waals surface area contributed by atoms with Gasteiger partial charge >= 0.3 is 6.18 Å². The van der Waals surface area contributed by atoms with Crippen molar-refractivity contribution >= 4 is 28.5 Å². The quantitative estimate of drug-likeness (QED) is 0.438. The molecule has 4 aromatic rings. The monoisotopic (exact) mass is 475 g/mol. The van der Waals surface area contributed by atoms with Gasteiger partial charge in [0.15, 0.2) is 5.65 Å². The molecule has 0 spiro atoms. The van der Waals surface area contributed by atoms with Crippen LogP contribution < -0.4 is 5.56 Å². The zero-order chi connectivity index (χ0) is 23.8. The first kappa shape index (κ1) is 22.5. The SMILES string of the molecule is CN(Cc1cccc(Cl)c1)C(=O)Cn1cnc2c(cnn2-c2cccc(C(F)(F)F)c2)c1=O. The van der Waals surface area contributed by atoms with E-state index >= 15 is 0 Å². The Balaban J connectivity index is 1.58. The highest BCUT2D eigenvalue weighted by molar-refractivity contribution is 6.30. The van der Waals surface area contributed by atoms with Crippen molar-refractivity contribution in [1.82, 2.24) is 24.2 Å². The van der Waals surface area contributed by atoms with E-state index in [1.807, 2.05) is 6.07 Å². The molecule has 0 bridgehead atoms. The van der Waals surface area contributed by atoms with Crippen molar-refractivity contribution in [3.05, 3.63) is 87.6 Å². The largest absolute Gasteiger partial charge is 0.416 e. The van der Waals surface area contributed by atoms with Gasteiger partial charge in [-0.05, 0) is 35.9 Å². The van der Waals surface area contributed by atoms with E-state index in [1.54, 1.807) is 25.2 Å². The van der Waals surface area contributed by atoms with Gasteiger partial charge in [0.05, 0.1) is 17.4 Å². The summed E-state index contributed by atoms with van der Waals surface area (Å²) in [6.45, 7) is 0.0465. The number of carbonyl (C=O) groups is 1. The van der Waals surface area contributed by atoms with Gasteiger partial charge in [-0.15, -0.1) is 0 Å². The van der Waals surface area contributed by atoms with Crippen LogP contribution >= 0.6 is 11.6 Å². The fraction of sp³-hybridized carbons (Fsp3) is 0.182. The van der Waals surface area contributed by atoms with Crippen molar-refractivity contribution in [2.24, 2.45) is 0 Å². The molecular formula is C22H17ClF3N5O2. The van der Waals surface area contributed by atoms with E-state index in [2.05, 4.69) is 10.1 Å². The van der Waals surface area contributed by atoms with Crippen LogP contribution in [0.5, 0.6) is 0 Å². The first-order chi connectivity index (χ1) is 15.6. The summed E-state index contributed by atoms with van der Waals surface area (Å²) in [4.78, 5) is 31.1. The fourth-order valence-corrected chi connectivity index (χ4v) is 3.54. The fourth-order valence-electron chi connectivity index (χ4n) is 3.33. The van der Waals surface area contributed by atoms with Crippen LogP contribution in [0.3, 0.4) is 0 Å². The Hall–Kier alpha value is -3.66. The third-order valence-corrected chi connectivity index (χ3v) is 5.25. The number of aromatic nitrogens is 4. The van der Waals surface area contributed by atoms with Gasteiger partial charge < -0.3 is 4.90 Å². The molecule has 0 unspecified atom stereocenters. The average Bonchev–Trinajstić information content (AvgIpc) is 3.20. The second-order valence-corrected chi connectivity index (χ2v) is 7.84. The normalized spacial score (nSPS) is 11.7. The van der Waals surface area contributed by atoms with E-state index in [1.165, 1.54) is 29.6 Å². The number of fused-ring (bicyclic) bond motifs is 1. The highest BCUT2D eigenvalue weighted by Crippen LogP contribution is 2.30. The van der Waals surface area contributed by atoms with E-state index in [-0.39, 0.29) is 29.2 Å². The molecule has 11 heteroatoms. The van der Waals surface area contributed by atoms with Crippen molar-refractivity contribution in [3.8, 4) is 5.69 Å².